The first-order valence-electron chi connectivity index (χ1n) is 7.03. The minimum Gasteiger partial charge on any atom is -0.303 e. The molecule has 0 aromatic carbocycles. The molecule has 1 saturated heterocycles. The molecule has 4 heteroatoms. The molecule has 2 rings (SSSR count). The van der Waals surface area contributed by atoms with Gasteiger partial charge in [0.25, 0.3) is 0 Å². The predicted octanol–water partition coefficient (Wildman–Crippen LogP) is 3.94. The molecule has 1 aromatic rings. The number of halogens is 1. The fourth-order valence-corrected chi connectivity index (χ4v) is 3.81. The topological polar surface area (TPSA) is 16.1 Å². The molecule has 1 aromatic heterocycles. The van der Waals surface area contributed by atoms with Crippen LogP contribution in [0.5, 0.6) is 0 Å². The number of aromatic nitrogens is 1. The quantitative estimate of drug-likeness (QED) is 0.706. The summed E-state index contributed by atoms with van der Waals surface area (Å²) in [5.74, 6) is 1.50. The molecule has 1 unspecified atom stereocenters. The third-order valence-electron chi connectivity index (χ3n) is 3.67. The highest BCUT2D eigenvalue weighted by atomic mass is 35.5. The largest absolute Gasteiger partial charge is 0.303 e. The van der Waals surface area contributed by atoms with E-state index in [1.165, 1.54) is 50.3 Å². The van der Waals surface area contributed by atoms with Gasteiger partial charge in [0.1, 0.15) is 0 Å². The Kier molecular flexibility index (Phi) is 5.93. The second-order valence-corrected chi connectivity index (χ2v) is 6.42. The molecule has 0 amide bonds. The SMILES string of the molecule is CCCC1CCN(CCCc2nc(CCl)cs2)C1. The van der Waals surface area contributed by atoms with E-state index in [4.69, 9.17) is 11.6 Å². The molecule has 1 atom stereocenters. The second kappa shape index (κ2) is 7.46. The van der Waals surface area contributed by atoms with E-state index in [2.05, 4.69) is 22.2 Å². The van der Waals surface area contributed by atoms with Gasteiger partial charge in [0, 0.05) is 18.3 Å². The van der Waals surface area contributed by atoms with Crippen molar-refractivity contribution in [1.29, 1.82) is 0 Å². The summed E-state index contributed by atoms with van der Waals surface area (Å²) in [6.45, 7) is 6.14. The number of hydrogen-bond acceptors (Lipinski definition) is 3. The summed E-state index contributed by atoms with van der Waals surface area (Å²) >= 11 is 7.51. The molecule has 102 valence electrons. The van der Waals surface area contributed by atoms with Gasteiger partial charge in [-0.25, -0.2) is 4.98 Å². The van der Waals surface area contributed by atoms with Crippen molar-refractivity contribution in [3.8, 4) is 0 Å². The molecule has 0 spiro atoms. The van der Waals surface area contributed by atoms with Gasteiger partial charge in [-0.1, -0.05) is 13.3 Å². The Hall–Kier alpha value is -0.120. The molecule has 0 aliphatic carbocycles. The zero-order valence-corrected chi connectivity index (χ0v) is 12.8. The van der Waals surface area contributed by atoms with Gasteiger partial charge in [-0.2, -0.15) is 0 Å². The molecule has 1 aliphatic rings. The Morgan fingerprint density at radius 2 is 2.44 bits per heavy atom. The summed E-state index contributed by atoms with van der Waals surface area (Å²) in [4.78, 5) is 7.13. The van der Waals surface area contributed by atoms with E-state index in [1.54, 1.807) is 11.3 Å². The van der Waals surface area contributed by atoms with Crippen LogP contribution < -0.4 is 0 Å². The Balaban J connectivity index is 1.64. The van der Waals surface area contributed by atoms with Crippen molar-refractivity contribution in [1.82, 2.24) is 9.88 Å². The molecule has 18 heavy (non-hydrogen) atoms. The first-order chi connectivity index (χ1) is 8.81. The minimum atomic E-state index is 0.543. The van der Waals surface area contributed by atoms with Crippen molar-refractivity contribution in [3.05, 3.63) is 16.1 Å². The lowest BCUT2D eigenvalue weighted by atomic mass is 10.0. The highest BCUT2D eigenvalue weighted by molar-refractivity contribution is 7.09. The first kappa shape index (κ1) is 14.3. The zero-order valence-electron chi connectivity index (χ0n) is 11.2. The van der Waals surface area contributed by atoms with Crippen LogP contribution in [0.1, 0.15) is 43.3 Å². The summed E-state index contributed by atoms with van der Waals surface area (Å²) < 4.78 is 0. The lowest BCUT2D eigenvalue weighted by molar-refractivity contribution is 0.316. The first-order valence-corrected chi connectivity index (χ1v) is 8.44. The van der Waals surface area contributed by atoms with Crippen LogP contribution in [0.25, 0.3) is 0 Å². The smallest absolute Gasteiger partial charge is 0.0929 e. The summed E-state index contributed by atoms with van der Waals surface area (Å²) in [7, 11) is 0. The highest BCUT2D eigenvalue weighted by Crippen LogP contribution is 2.21. The molecular weight excluding hydrogens is 264 g/mol. The van der Waals surface area contributed by atoms with E-state index < -0.39 is 0 Å². The van der Waals surface area contributed by atoms with Crippen LogP contribution in [-0.2, 0) is 12.3 Å². The molecule has 2 heterocycles. The van der Waals surface area contributed by atoms with Gasteiger partial charge >= 0.3 is 0 Å². The monoisotopic (exact) mass is 286 g/mol. The van der Waals surface area contributed by atoms with Crippen LogP contribution in [-0.4, -0.2) is 29.5 Å². The van der Waals surface area contributed by atoms with Crippen LogP contribution in [0.2, 0.25) is 0 Å². The number of nitrogens with zero attached hydrogens (tertiary/aromatic N) is 2. The fourth-order valence-electron chi connectivity index (χ4n) is 2.74. The van der Waals surface area contributed by atoms with Gasteiger partial charge in [-0.15, -0.1) is 22.9 Å². The Labute approximate surface area is 119 Å². The van der Waals surface area contributed by atoms with E-state index in [1.807, 2.05) is 0 Å². The summed E-state index contributed by atoms with van der Waals surface area (Å²) in [5, 5.41) is 3.32. The lowest BCUT2D eigenvalue weighted by Crippen LogP contribution is -2.22. The van der Waals surface area contributed by atoms with Gasteiger partial charge in [-0.3, -0.25) is 0 Å². The number of aryl methyl sites for hydroxylation is 1. The van der Waals surface area contributed by atoms with E-state index >= 15 is 0 Å². The summed E-state index contributed by atoms with van der Waals surface area (Å²) in [5.41, 5.74) is 1.03. The van der Waals surface area contributed by atoms with Crippen LogP contribution in [0.15, 0.2) is 5.38 Å². The normalized spacial score (nSPS) is 20.7. The molecule has 0 saturated carbocycles. The number of thiazole rings is 1. The maximum absolute atomic E-state index is 5.76. The second-order valence-electron chi connectivity index (χ2n) is 5.21. The molecule has 0 radical (unpaired) electrons. The summed E-state index contributed by atoms with van der Waals surface area (Å²) in [6.07, 6.45) is 6.48. The molecule has 1 fully saturated rings. The maximum Gasteiger partial charge on any atom is 0.0929 e. The number of rotatable bonds is 7. The number of likely N-dealkylation sites (tertiary alicyclic amines) is 1. The molecular formula is C14H23ClN2S. The van der Waals surface area contributed by atoms with Crippen molar-refractivity contribution in [2.75, 3.05) is 19.6 Å². The zero-order chi connectivity index (χ0) is 12.8. The molecule has 2 nitrogen and oxygen atoms in total. The molecule has 0 bridgehead atoms. The Morgan fingerprint density at radius 3 is 3.17 bits per heavy atom. The molecule has 1 aliphatic heterocycles. The van der Waals surface area contributed by atoms with Gasteiger partial charge in [0.2, 0.25) is 0 Å². The van der Waals surface area contributed by atoms with E-state index in [-0.39, 0.29) is 0 Å². The van der Waals surface area contributed by atoms with E-state index in [9.17, 15) is 0 Å². The van der Waals surface area contributed by atoms with Crippen molar-refractivity contribution in [3.63, 3.8) is 0 Å². The van der Waals surface area contributed by atoms with E-state index in [0.29, 0.717) is 5.88 Å². The minimum absolute atomic E-state index is 0.543. The Bertz CT molecular complexity index is 353. The van der Waals surface area contributed by atoms with Gasteiger partial charge < -0.3 is 4.90 Å². The van der Waals surface area contributed by atoms with E-state index in [0.717, 1.165) is 18.0 Å². The van der Waals surface area contributed by atoms with Crippen molar-refractivity contribution in [2.45, 2.75) is 44.9 Å². The van der Waals surface area contributed by atoms with Crippen LogP contribution in [0.4, 0.5) is 0 Å². The maximum atomic E-state index is 5.76. The Morgan fingerprint density at radius 1 is 1.56 bits per heavy atom. The summed E-state index contributed by atoms with van der Waals surface area (Å²) in [6, 6.07) is 0. The van der Waals surface area contributed by atoms with Crippen molar-refractivity contribution >= 4 is 22.9 Å². The predicted molar refractivity (Wildman–Crippen MR) is 79.4 cm³/mol. The number of hydrogen-bond donors (Lipinski definition) is 0. The van der Waals surface area contributed by atoms with Crippen LogP contribution in [0.3, 0.4) is 0 Å². The third kappa shape index (κ3) is 4.22. The van der Waals surface area contributed by atoms with Crippen LogP contribution in [0, 0.1) is 5.92 Å². The fraction of sp³-hybridized carbons (Fsp3) is 0.786. The standard InChI is InChI=1S/C14H23ClN2S/c1-2-4-12-6-8-17(10-12)7-3-5-14-16-13(9-15)11-18-14/h11-12H,2-10H2,1H3. The highest BCUT2D eigenvalue weighted by Gasteiger charge is 2.20. The average molecular weight is 287 g/mol. The average Bonchev–Trinajstić information content (AvgIpc) is 2.99. The van der Waals surface area contributed by atoms with Crippen molar-refractivity contribution in [2.24, 2.45) is 5.92 Å². The van der Waals surface area contributed by atoms with Crippen LogP contribution >= 0.6 is 22.9 Å². The third-order valence-corrected chi connectivity index (χ3v) is 4.90. The van der Waals surface area contributed by atoms with Gasteiger partial charge in [0.15, 0.2) is 0 Å². The van der Waals surface area contributed by atoms with Gasteiger partial charge in [0.05, 0.1) is 16.6 Å². The van der Waals surface area contributed by atoms with Crippen molar-refractivity contribution < 1.29 is 0 Å². The number of alkyl halides is 1. The lowest BCUT2D eigenvalue weighted by Gasteiger charge is -2.15. The van der Waals surface area contributed by atoms with Gasteiger partial charge in [-0.05, 0) is 38.3 Å². The molecule has 0 N–H and O–H groups in total.